The average Bonchev–Trinajstić information content (AvgIpc) is 3.44. The Morgan fingerprint density at radius 1 is 1.03 bits per heavy atom. The summed E-state index contributed by atoms with van der Waals surface area (Å²) in [6, 6.07) is 12.9. The van der Waals surface area contributed by atoms with Gasteiger partial charge in [-0.05, 0) is 49.4 Å². The third-order valence-electron chi connectivity index (χ3n) is 5.93. The van der Waals surface area contributed by atoms with Gasteiger partial charge in [-0.25, -0.2) is 4.68 Å². The zero-order valence-corrected chi connectivity index (χ0v) is 20.7. The van der Waals surface area contributed by atoms with Crippen LogP contribution in [0.3, 0.4) is 0 Å². The van der Waals surface area contributed by atoms with E-state index in [9.17, 15) is 4.79 Å². The van der Waals surface area contributed by atoms with E-state index in [0.29, 0.717) is 42.5 Å². The first-order valence-corrected chi connectivity index (χ1v) is 12.1. The van der Waals surface area contributed by atoms with Gasteiger partial charge in [-0.3, -0.25) is 4.79 Å². The molecule has 0 saturated carbocycles. The highest BCUT2D eigenvalue weighted by Gasteiger charge is 2.27. The van der Waals surface area contributed by atoms with E-state index in [1.807, 2.05) is 40.8 Å². The number of thiazole rings is 1. The molecule has 2 aromatic heterocycles. The van der Waals surface area contributed by atoms with Gasteiger partial charge in [0.25, 0.3) is 5.91 Å². The summed E-state index contributed by atoms with van der Waals surface area (Å²) in [4.78, 5) is 22.1. The van der Waals surface area contributed by atoms with E-state index < -0.39 is 0 Å². The smallest absolute Gasteiger partial charge is 0.257 e. The standard InChI is InChI=1S/C24H24ClN5O3S/c1-15-21-22(30(27-15)17-5-7-18(32-2)8-6-17)26-24(34-21)29-12-10-28(11-13-29)23(31)19-9-4-16(25)14-20(19)33-3/h4-9,14H,10-13H2,1-3H3. The van der Waals surface area contributed by atoms with E-state index >= 15 is 0 Å². The van der Waals surface area contributed by atoms with Crippen molar-refractivity contribution in [1.82, 2.24) is 19.7 Å². The number of fused-ring (bicyclic) bond motifs is 1. The lowest BCUT2D eigenvalue weighted by Crippen LogP contribution is -2.48. The first-order valence-electron chi connectivity index (χ1n) is 10.9. The summed E-state index contributed by atoms with van der Waals surface area (Å²) >= 11 is 7.68. The summed E-state index contributed by atoms with van der Waals surface area (Å²) in [5, 5.41) is 6.16. The Hall–Kier alpha value is -3.30. The van der Waals surface area contributed by atoms with Gasteiger partial charge < -0.3 is 19.3 Å². The van der Waals surface area contributed by atoms with Gasteiger partial charge in [-0.2, -0.15) is 10.1 Å². The van der Waals surface area contributed by atoms with Crippen molar-refractivity contribution in [3.8, 4) is 17.2 Å². The van der Waals surface area contributed by atoms with Crippen molar-refractivity contribution in [2.24, 2.45) is 0 Å². The maximum Gasteiger partial charge on any atom is 0.257 e. The molecule has 0 spiro atoms. The minimum atomic E-state index is -0.0524. The van der Waals surface area contributed by atoms with Gasteiger partial charge in [0.2, 0.25) is 0 Å². The van der Waals surface area contributed by atoms with Crippen LogP contribution in [0, 0.1) is 6.92 Å². The second-order valence-electron chi connectivity index (χ2n) is 7.97. The summed E-state index contributed by atoms with van der Waals surface area (Å²) in [6.45, 7) is 4.61. The number of ether oxygens (including phenoxy) is 2. The van der Waals surface area contributed by atoms with Crippen LogP contribution in [-0.2, 0) is 0 Å². The number of halogens is 1. The van der Waals surface area contributed by atoms with Crippen LogP contribution in [0.5, 0.6) is 11.5 Å². The summed E-state index contributed by atoms with van der Waals surface area (Å²) in [5.41, 5.74) is 3.24. The molecule has 3 heterocycles. The topological polar surface area (TPSA) is 72.7 Å². The fourth-order valence-electron chi connectivity index (χ4n) is 4.07. The average molecular weight is 498 g/mol. The van der Waals surface area contributed by atoms with Crippen molar-refractivity contribution >= 4 is 44.3 Å². The lowest BCUT2D eigenvalue weighted by atomic mass is 10.1. The number of aryl methyl sites for hydroxylation is 1. The van der Waals surface area contributed by atoms with Gasteiger partial charge >= 0.3 is 0 Å². The Kier molecular flexibility index (Phi) is 6.05. The molecule has 5 rings (SSSR count). The molecule has 1 amide bonds. The van der Waals surface area contributed by atoms with Gasteiger partial charge in [0.1, 0.15) is 11.5 Å². The maximum absolute atomic E-state index is 13.1. The van der Waals surface area contributed by atoms with E-state index in [4.69, 9.17) is 26.1 Å². The van der Waals surface area contributed by atoms with Crippen LogP contribution in [0.2, 0.25) is 5.02 Å². The number of anilines is 1. The van der Waals surface area contributed by atoms with Crippen molar-refractivity contribution in [2.75, 3.05) is 45.3 Å². The number of rotatable bonds is 5. The molecule has 0 unspecified atom stereocenters. The van der Waals surface area contributed by atoms with Gasteiger partial charge in [0.05, 0.1) is 35.9 Å². The van der Waals surface area contributed by atoms with Crippen molar-refractivity contribution < 1.29 is 14.3 Å². The molecule has 2 aromatic carbocycles. The van der Waals surface area contributed by atoms with E-state index in [2.05, 4.69) is 10.00 Å². The van der Waals surface area contributed by atoms with E-state index in [1.54, 1.807) is 43.8 Å². The third kappa shape index (κ3) is 4.05. The molecule has 34 heavy (non-hydrogen) atoms. The van der Waals surface area contributed by atoms with Crippen molar-refractivity contribution in [2.45, 2.75) is 6.92 Å². The number of amides is 1. The van der Waals surface area contributed by atoms with E-state index in [-0.39, 0.29) is 5.91 Å². The zero-order valence-electron chi connectivity index (χ0n) is 19.1. The van der Waals surface area contributed by atoms with Crippen molar-refractivity contribution in [1.29, 1.82) is 0 Å². The molecular weight excluding hydrogens is 474 g/mol. The molecule has 0 radical (unpaired) electrons. The lowest BCUT2D eigenvalue weighted by Gasteiger charge is -2.34. The van der Waals surface area contributed by atoms with Gasteiger partial charge in [0, 0.05) is 31.2 Å². The van der Waals surface area contributed by atoms with Crippen LogP contribution in [-0.4, -0.2) is 66.0 Å². The van der Waals surface area contributed by atoms with Crippen molar-refractivity contribution in [3.63, 3.8) is 0 Å². The Morgan fingerprint density at radius 2 is 1.76 bits per heavy atom. The highest BCUT2D eigenvalue weighted by atomic mass is 35.5. The summed E-state index contributed by atoms with van der Waals surface area (Å²) in [6.07, 6.45) is 0. The molecule has 1 aliphatic rings. The number of carbonyl (C=O) groups excluding carboxylic acids is 1. The predicted octanol–water partition coefficient (Wildman–Crippen LogP) is 4.42. The molecule has 4 aromatic rings. The molecule has 10 heteroatoms. The molecule has 0 atom stereocenters. The number of piperazine rings is 1. The molecular formula is C24H24ClN5O3S. The molecule has 1 fully saturated rings. The minimum Gasteiger partial charge on any atom is -0.497 e. The number of carbonyl (C=O) groups is 1. The minimum absolute atomic E-state index is 0.0524. The second kappa shape index (κ2) is 9.15. The molecule has 1 aliphatic heterocycles. The number of methoxy groups -OCH3 is 2. The molecule has 8 nitrogen and oxygen atoms in total. The Balaban J connectivity index is 1.33. The van der Waals surface area contributed by atoms with Crippen LogP contribution in [0.4, 0.5) is 5.13 Å². The number of aromatic nitrogens is 3. The maximum atomic E-state index is 13.1. The number of nitrogens with zero attached hydrogens (tertiary/aromatic N) is 5. The Labute approximate surface area is 206 Å². The largest absolute Gasteiger partial charge is 0.497 e. The van der Waals surface area contributed by atoms with Crippen molar-refractivity contribution in [3.05, 3.63) is 58.7 Å². The SMILES string of the molecule is COc1ccc(-n2nc(C)c3sc(N4CCN(C(=O)c5ccc(Cl)cc5OC)CC4)nc32)cc1. The molecule has 1 saturated heterocycles. The monoisotopic (exact) mass is 497 g/mol. The van der Waals surface area contributed by atoms with Gasteiger partial charge in [0.15, 0.2) is 10.8 Å². The Bertz CT molecular complexity index is 1340. The number of benzene rings is 2. The van der Waals surface area contributed by atoms with Gasteiger partial charge in [-0.15, -0.1) is 0 Å². The number of hydrogen-bond donors (Lipinski definition) is 0. The lowest BCUT2D eigenvalue weighted by molar-refractivity contribution is 0.0743. The zero-order chi connectivity index (χ0) is 23.8. The van der Waals surface area contributed by atoms with Crippen LogP contribution in [0.15, 0.2) is 42.5 Å². The highest BCUT2D eigenvalue weighted by molar-refractivity contribution is 7.22. The number of hydrogen-bond acceptors (Lipinski definition) is 7. The molecule has 0 N–H and O–H groups in total. The normalized spacial score (nSPS) is 14.0. The van der Waals surface area contributed by atoms with E-state index in [0.717, 1.165) is 32.6 Å². The Morgan fingerprint density at radius 3 is 2.44 bits per heavy atom. The predicted molar refractivity (Wildman–Crippen MR) is 134 cm³/mol. The first kappa shape index (κ1) is 22.5. The van der Waals surface area contributed by atoms with Crippen LogP contribution in [0.1, 0.15) is 16.1 Å². The van der Waals surface area contributed by atoms with Crippen LogP contribution in [0.25, 0.3) is 16.0 Å². The molecule has 176 valence electrons. The van der Waals surface area contributed by atoms with Gasteiger partial charge in [-0.1, -0.05) is 22.9 Å². The highest BCUT2D eigenvalue weighted by Crippen LogP contribution is 2.33. The fourth-order valence-corrected chi connectivity index (χ4v) is 5.28. The quantitative estimate of drug-likeness (QED) is 0.406. The molecule has 0 bridgehead atoms. The van der Waals surface area contributed by atoms with Crippen LogP contribution < -0.4 is 14.4 Å². The van der Waals surface area contributed by atoms with E-state index in [1.165, 1.54) is 0 Å². The summed E-state index contributed by atoms with van der Waals surface area (Å²) in [7, 11) is 3.19. The third-order valence-corrected chi connectivity index (χ3v) is 7.37. The first-order chi connectivity index (χ1) is 16.5. The fraction of sp³-hybridized carbons (Fsp3) is 0.292. The molecule has 0 aliphatic carbocycles. The second-order valence-corrected chi connectivity index (χ2v) is 9.38. The summed E-state index contributed by atoms with van der Waals surface area (Å²) < 4.78 is 13.6. The van der Waals surface area contributed by atoms with Crippen LogP contribution >= 0.6 is 22.9 Å². The summed E-state index contributed by atoms with van der Waals surface area (Å²) in [5.74, 6) is 1.24.